The van der Waals surface area contributed by atoms with Gasteiger partial charge in [0.2, 0.25) is 5.75 Å². The van der Waals surface area contributed by atoms with Crippen LogP contribution in [0.3, 0.4) is 0 Å². The number of hydrogen-bond donors (Lipinski definition) is 3. The summed E-state index contributed by atoms with van der Waals surface area (Å²) in [5, 5.41) is 29.4. The highest BCUT2D eigenvalue weighted by Gasteiger charge is 2.25. The minimum atomic E-state index is -0.121. The molecular formula is C53H70O7. The minimum Gasteiger partial charge on any atom is -0.508 e. The third kappa shape index (κ3) is 12.1. The van der Waals surface area contributed by atoms with Crippen molar-refractivity contribution >= 4 is 0 Å². The summed E-state index contributed by atoms with van der Waals surface area (Å²) in [6.45, 7) is 23.7. The van der Waals surface area contributed by atoms with E-state index < -0.39 is 0 Å². The standard InChI is InChI=1S/C19H24O2.C18H22O2.C16H24O3/c1-13-11-14(7-10-18(13)21-6)16-12-15(20-5)8-9-17(16)19(2,3)4;1-12-10-13(6-9-17(12)19)15-11-14(20-5)7-8-16(15)18(2,3)4;1-10(2)13-8-9-14(17)15(18)16(13)19-12-6-4-11(3)5-7-12/h7-12H,1-6H3;6-11,19H,1-5H3;8-12,17-18H,4-7H2,1-3H3. The van der Waals surface area contributed by atoms with Crippen LogP contribution in [0.15, 0.2) is 84.9 Å². The molecule has 1 fully saturated rings. The van der Waals surface area contributed by atoms with Crippen molar-refractivity contribution in [1.29, 1.82) is 0 Å². The number of hydrogen-bond acceptors (Lipinski definition) is 7. The van der Waals surface area contributed by atoms with Crippen molar-refractivity contribution in [1.82, 2.24) is 0 Å². The highest BCUT2D eigenvalue weighted by Crippen LogP contribution is 2.43. The van der Waals surface area contributed by atoms with Crippen LogP contribution in [-0.2, 0) is 10.8 Å². The summed E-state index contributed by atoms with van der Waals surface area (Å²) in [5.41, 5.74) is 10.3. The Morgan fingerprint density at radius 2 is 1.05 bits per heavy atom. The Morgan fingerprint density at radius 1 is 0.567 bits per heavy atom. The molecule has 5 aromatic carbocycles. The predicted octanol–water partition coefficient (Wildman–Crippen LogP) is 13.8. The molecule has 0 unspecified atom stereocenters. The van der Waals surface area contributed by atoms with E-state index in [4.69, 9.17) is 18.9 Å². The van der Waals surface area contributed by atoms with Crippen LogP contribution in [0.5, 0.6) is 40.2 Å². The second-order valence-corrected chi connectivity index (χ2v) is 18.5. The van der Waals surface area contributed by atoms with Crippen molar-refractivity contribution in [2.24, 2.45) is 5.92 Å². The lowest BCUT2D eigenvalue weighted by molar-refractivity contribution is 0.129. The molecule has 0 atom stereocenters. The molecule has 60 heavy (non-hydrogen) atoms. The average Bonchev–Trinajstić information content (AvgIpc) is 3.20. The Hall–Kier alpha value is -5.30. The SMILES string of the molecule is CC1CCC(Oc2c(C(C)C)ccc(O)c2O)CC1.COc1ccc(C(C)(C)C)c(-c2ccc(O)c(C)c2)c1.COc1ccc(C(C)(C)C)c(-c2ccc(OC)c(C)c2)c1. The zero-order valence-electron chi connectivity index (χ0n) is 38.6. The molecule has 1 aliphatic carbocycles. The van der Waals surface area contributed by atoms with Crippen molar-refractivity contribution in [3.8, 4) is 62.5 Å². The van der Waals surface area contributed by atoms with Gasteiger partial charge in [-0.3, -0.25) is 0 Å². The monoisotopic (exact) mass is 819 g/mol. The molecule has 0 bridgehead atoms. The van der Waals surface area contributed by atoms with Crippen molar-refractivity contribution in [3.05, 3.63) is 113 Å². The van der Waals surface area contributed by atoms with E-state index in [0.717, 1.165) is 63.8 Å². The summed E-state index contributed by atoms with van der Waals surface area (Å²) >= 11 is 0. The molecule has 1 saturated carbocycles. The fourth-order valence-corrected chi connectivity index (χ4v) is 7.62. The first-order valence-corrected chi connectivity index (χ1v) is 21.2. The minimum absolute atomic E-state index is 0.0490. The molecule has 324 valence electrons. The van der Waals surface area contributed by atoms with Gasteiger partial charge in [-0.1, -0.05) is 92.6 Å². The summed E-state index contributed by atoms with van der Waals surface area (Å²) in [6, 6.07) is 27.9. The second kappa shape index (κ2) is 20.3. The quantitative estimate of drug-likeness (QED) is 0.134. The molecule has 6 rings (SSSR count). The van der Waals surface area contributed by atoms with Crippen molar-refractivity contribution in [2.45, 2.75) is 125 Å². The van der Waals surface area contributed by atoms with Crippen LogP contribution in [0.2, 0.25) is 0 Å². The molecule has 0 aromatic heterocycles. The van der Waals surface area contributed by atoms with E-state index in [2.05, 4.69) is 106 Å². The van der Waals surface area contributed by atoms with Gasteiger partial charge in [0.05, 0.1) is 27.4 Å². The fraction of sp³-hybridized carbons (Fsp3) is 0.434. The Bertz CT molecular complexity index is 2180. The maximum absolute atomic E-state index is 10.0. The van der Waals surface area contributed by atoms with E-state index in [9.17, 15) is 15.3 Å². The lowest BCUT2D eigenvalue weighted by Gasteiger charge is -2.28. The molecular weight excluding hydrogens is 749 g/mol. The number of methoxy groups -OCH3 is 3. The van der Waals surface area contributed by atoms with Gasteiger partial charge in [-0.05, 0) is 161 Å². The van der Waals surface area contributed by atoms with E-state index >= 15 is 0 Å². The average molecular weight is 819 g/mol. The van der Waals surface area contributed by atoms with Crippen LogP contribution in [0.1, 0.15) is 122 Å². The summed E-state index contributed by atoms with van der Waals surface area (Å²) < 4.78 is 22.1. The number of rotatable bonds is 8. The first kappa shape index (κ1) is 47.4. The number of aromatic hydroxyl groups is 3. The predicted molar refractivity (Wildman–Crippen MR) is 248 cm³/mol. The van der Waals surface area contributed by atoms with Gasteiger partial charge in [-0.25, -0.2) is 0 Å². The lowest BCUT2D eigenvalue weighted by atomic mass is 9.81. The van der Waals surface area contributed by atoms with Gasteiger partial charge in [0.1, 0.15) is 23.0 Å². The number of phenolic OH excluding ortho intramolecular Hbond substituents is 3. The molecule has 0 radical (unpaired) electrons. The molecule has 7 nitrogen and oxygen atoms in total. The Labute approximate surface area is 360 Å². The van der Waals surface area contributed by atoms with Gasteiger partial charge in [-0.15, -0.1) is 0 Å². The van der Waals surface area contributed by atoms with Crippen molar-refractivity contribution in [3.63, 3.8) is 0 Å². The molecule has 7 heteroatoms. The van der Waals surface area contributed by atoms with Crippen LogP contribution in [-0.4, -0.2) is 42.8 Å². The van der Waals surface area contributed by atoms with Crippen LogP contribution >= 0.6 is 0 Å². The number of phenols is 3. The largest absolute Gasteiger partial charge is 0.508 e. The molecule has 5 aromatic rings. The van der Waals surface area contributed by atoms with E-state index in [0.29, 0.717) is 11.5 Å². The molecule has 0 amide bonds. The van der Waals surface area contributed by atoms with E-state index in [1.807, 2.05) is 43.3 Å². The zero-order chi connectivity index (χ0) is 44.5. The Kier molecular flexibility index (Phi) is 16.0. The number of ether oxygens (including phenoxy) is 4. The maximum Gasteiger partial charge on any atom is 0.200 e. The van der Waals surface area contributed by atoms with Crippen LogP contribution in [0.4, 0.5) is 0 Å². The molecule has 0 aliphatic heterocycles. The lowest BCUT2D eigenvalue weighted by Crippen LogP contribution is -2.23. The molecule has 0 saturated heterocycles. The first-order valence-electron chi connectivity index (χ1n) is 21.2. The van der Waals surface area contributed by atoms with E-state index in [1.54, 1.807) is 27.4 Å². The van der Waals surface area contributed by atoms with Crippen LogP contribution in [0, 0.1) is 19.8 Å². The van der Waals surface area contributed by atoms with Gasteiger partial charge in [0, 0.05) is 5.56 Å². The molecule has 0 heterocycles. The van der Waals surface area contributed by atoms with Gasteiger partial charge in [-0.2, -0.15) is 0 Å². The van der Waals surface area contributed by atoms with Gasteiger partial charge in [0.15, 0.2) is 11.5 Å². The van der Waals surface area contributed by atoms with Crippen LogP contribution < -0.4 is 18.9 Å². The highest BCUT2D eigenvalue weighted by atomic mass is 16.5. The summed E-state index contributed by atoms with van der Waals surface area (Å²) in [4.78, 5) is 0. The molecule has 0 spiro atoms. The highest BCUT2D eigenvalue weighted by molar-refractivity contribution is 5.73. The second-order valence-electron chi connectivity index (χ2n) is 18.5. The topological polar surface area (TPSA) is 97.6 Å². The van der Waals surface area contributed by atoms with Gasteiger partial charge >= 0.3 is 0 Å². The third-order valence-electron chi connectivity index (χ3n) is 11.3. The zero-order valence-corrected chi connectivity index (χ0v) is 38.6. The fourth-order valence-electron chi connectivity index (χ4n) is 7.62. The van der Waals surface area contributed by atoms with E-state index in [1.165, 1.54) is 41.2 Å². The third-order valence-corrected chi connectivity index (χ3v) is 11.3. The van der Waals surface area contributed by atoms with Gasteiger partial charge < -0.3 is 34.3 Å². The number of benzene rings is 5. The first-order chi connectivity index (χ1) is 28.2. The summed E-state index contributed by atoms with van der Waals surface area (Å²) in [7, 11) is 5.08. The maximum atomic E-state index is 10.0. The van der Waals surface area contributed by atoms with Gasteiger partial charge in [0.25, 0.3) is 0 Å². The van der Waals surface area contributed by atoms with Crippen LogP contribution in [0.25, 0.3) is 22.3 Å². The smallest absolute Gasteiger partial charge is 0.200 e. The van der Waals surface area contributed by atoms with Crippen molar-refractivity contribution in [2.75, 3.05) is 21.3 Å². The number of aryl methyl sites for hydroxylation is 2. The summed E-state index contributed by atoms with van der Waals surface area (Å²) in [6.07, 6.45) is 4.53. The molecule has 1 aliphatic rings. The Morgan fingerprint density at radius 3 is 1.48 bits per heavy atom. The van der Waals surface area contributed by atoms with E-state index in [-0.39, 0.29) is 34.4 Å². The Balaban J connectivity index is 0.000000199. The van der Waals surface area contributed by atoms with Crippen molar-refractivity contribution < 1.29 is 34.3 Å². The molecule has 3 N–H and O–H groups in total. The normalized spacial score (nSPS) is 15.2. The summed E-state index contributed by atoms with van der Waals surface area (Å²) in [5.74, 6) is 4.23.